The predicted molar refractivity (Wildman–Crippen MR) is 95.7 cm³/mol. The first-order valence-corrected chi connectivity index (χ1v) is 8.85. The van der Waals surface area contributed by atoms with Crippen LogP contribution >= 0.6 is 0 Å². The van der Waals surface area contributed by atoms with Crippen LogP contribution in [0.4, 0.5) is 10.5 Å². The summed E-state index contributed by atoms with van der Waals surface area (Å²) in [5, 5.41) is 9.55. The Morgan fingerprint density at radius 1 is 1.33 bits per heavy atom. The number of hydrogen-bond acceptors (Lipinski definition) is 2. The maximum absolute atomic E-state index is 11.6. The fourth-order valence-electron chi connectivity index (χ4n) is 3.78. The number of fused-ring (bicyclic) bond motifs is 1. The number of imidazole rings is 1. The second-order valence-electron chi connectivity index (χ2n) is 7.86. The summed E-state index contributed by atoms with van der Waals surface area (Å²) in [6.07, 6.45) is 10.7. The molecule has 2 heterocycles. The van der Waals surface area contributed by atoms with Crippen LogP contribution in [0.2, 0.25) is 0 Å². The molecule has 1 aliphatic carbocycles. The normalized spacial score (nSPS) is 16.5. The molecular weight excluding hydrogens is 302 g/mol. The predicted octanol–water partition coefficient (Wildman–Crippen LogP) is 4.74. The standard InChI is InChI=1S/C19H27N3O2/c1-19(2,3)22(18(23)24)15-9-10-21-16(13-20-17(21)12-15)11-14-7-5-4-6-8-14/h9-10,12-14H,4-8,11H2,1-3H3,(H,23,24). The molecule has 0 aliphatic heterocycles. The quantitative estimate of drug-likeness (QED) is 0.885. The third-order valence-corrected chi connectivity index (χ3v) is 4.92. The highest BCUT2D eigenvalue weighted by Crippen LogP contribution is 2.29. The Labute approximate surface area is 143 Å². The molecule has 1 fully saturated rings. The second-order valence-corrected chi connectivity index (χ2v) is 7.86. The summed E-state index contributed by atoms with van der Waals surface area (Å²) in [6, 6.07) is 3.74. The molecule has 0 bridgehead atoms. The van der Waals surface area contributed by atoms with Gasteiger partial charge in [-0.05, 0) is 39.2 Å². The molecule has 0 unspecified atom stereocenters. The van der Waals surface area contributed by atoms with Gasteiger partial charge in [-0.2, -0.15) is 0 Å². The minimum atomic E-state index is -0.944. The average Bonchev–Trinajstić information content (AvgIpc) is 2.89. The average molecular weight is 329 g/mol. The SMILES string of the molecule is CC(C)(C)N(C(=O)O)c1ccn2c(CC3CCCCC3)cnc2c1. The number of aromatic nitrogens is 2. The Morgan fingerprint density at radius 3 is 2.67 bits per heavy atom. The zero-order valence-corrected chi connectivity index (χ0v) is 14.8. The highest BCUT2D eigenvalue weighted by Gasteiger charge is 2.28. The van der Waals surface area contributed by atoms with Crippen molar-refractivity contribution in [2.24, 2.45) is 5.92 Å². The van der Waals surface area contributed by atoms with Gasteiger partial charge in [-0.3, -0.25) is 4.90 Å². The van der Waals surface area contributed by atoms with E-state index in [0.717, 1.165) is 18.0 Å². The molecular formula is C19H27N3O2. The summed E-state index contributed by atoms with van der Waals surface area (Å²) >= 11 is 0. The van der Waals surface area contributed by atoms with E-state index < -0.39 is 11.6 Å². The van der Waals surface area contributed by atoms with Crippen molar-refractivity contribution in [2.45, 2.75) is 64.8 Å². The fourth-order valence-corrected chi connectivity index (χ4v) is 3.78. The van der Waals surface area contributed by atoms with Gasteiger partial charge in [0.05, 0.1) is 5.69 Å². The molecule has 3 rings (SSSR count). The van der Waals surface area contributed by atoms with E-state index in [2.05, 4.69) is 9.38 Å². The number of hydrogen-bond donors (Lipinski definition) is 1. The number of nitrogens with zero attached hydrogens (tertiary/aromatic N) is 3. The largest absolute Gasteiger partial charge is 0.465 e. The van der Waals surface area contributed by atoms with E-state index in [9.17, 15) is 9.90 Å². The third kappa shape index (κ3) is 3.40. The van der Waals surface area contributed by atoms with Crippen LogP contribution in [-0.2, 0) is 6.42 Å². The zero-order valence-electron chi connectivity index (χ0n) is 14.8. The lowest BCUT2D eigenvalue weighted by Gasteiger charge is -2.33. The second kappa shape index (κ2) is 6.46. The van der Waals surface area contributed by atoms with E-state index in [0.29, 0.717) is 5.69 Å². The lowest BCUT2D eigenvalue weighted by Crippen LogP contribution is -2.45. The van der Waals surface area contributed by atoms with Gasteiger partial charge in [0.1, 0.15) is 5.65 Å². The van der Waals surface area contributed by atoms with Crippen LogP contribution in [0.1, 0.15) is 58.6 Å². The van der Waals surface area contributed by atoms with Gasteiger partial charge >= 0.3 is 6.09 Å². The summed E-state index contributed by atoms with van der Waals surface area (Å²) in [4.78, 5) is 17.6. The van der Waals surface area contributed by atoms with E-state index in [1.54, 1.807) is 0 Å². The Morgan fingerprint density at radius 2 is 2.04 bits per heavy atom. The topological polar surface area (TPSA) is 57.8 Å². The summed E-state index contributed by atoms with van der Waals surface area (Å²) in [7, 11) is 0. The van der Waals surface area contributed by atoms with Gasteiger partial charge in [0.2, 0.25) is 0 Å². The molecule has 1 saturated carbocycles. The maximum Gasteiger partial charge on any atom is 0.412 e. The molecule has 1 amide bonds. The van der Waals surface area contributed by atoms with Gasteiger partial charge in [-0.15, -0.1) is 0 Å². The monoisotopic (exact) mass is 329 g/mol. The van der Waals surface area contributed by atoms with Crippen molar-refractivity contribution >= 4 is 17.4 Å². The van der Waals surface area contributed by atoms with E-state index in [4.69, 9.17) is 0 Å². The van der Waals surface area contributed by atoms with Gasteiger partial charge in [-0.25, -0.2) is 9.78 Å². The Kier molecular flexibility index (Phi) is 4.52. The summed E-state index contributed by atoms with van der Waals surface area (Å²) < 4.78 is 2.10. The Balaban J connectivity index is 1.88. The molecule has 1 aliphatic rings. The van der Waals surface area contributed by atoms with Crippen molar-refractivity contribution in [3.63, 3.8) is 0 Å². The van der Waals surface area contributed by atoms with E-state index in [-0.39, 0.29) is 0 Å². The van der Waals surface area contributed by atoms with Crippen LogP contribution in [-0.4, -0.2) is 26.1 Å². The molecule has 5 heteroatoms. The number of amides is 1. The number of carbonyl (C=O) groups is 1. The third-order valence-electron chi connectivity index (χ3n) is 4.92. The van der Waals surface area contributed by atoms with Gasteiger partial charge in [0.25, 0.3) is 0 Å². The summed E-state index contributed by atoms with van der Waals surface area (Å²) in [6.45, 7) is 5.68. The van der Waals surface area contributed by atoms with E-state index in [1.165, 1.54) is 42.7 Å². The first-order valence-electron chi connectivity index (χ1n) is 8.85. The van der Waals surface area contributed by atoms with E-state index >= 15 is 0 Å². The molecule has 2 aromatic rings. The smallest absolute Gasteiger partial charge is 0.412 e. The van der Waals surface area contributed by atoms with Crippen LogP contribution in [0.15, 0.2) is 24.5 Å². The van der Waals surface area contributed by atoms with Crippen molar-refractivity contribution in [1.29, 1.82) is 0 Å². The van der Waals surface area contributed by atoms with Crippen molar-refractivity contribution in [1.82, 2.24) is 9.38 Å². The minimum absolute atomic E-state index is 0.498. The van der Waals surface area contributed by atoms with Gasteiger partial charge in [0, 0.05) is 29.7 Å². The number of rotatable bonds is 3. The highest BCUT2D eigenvalue weighted by molar-refractivity contribution is 5.88. The van der Waals surface area contributed by atoms with Crippen LogP contribution in [0.25, 0.3) is 5.65 Å². The van der Waals surface area contributed by atoms with Crippen molar-refractivity contribution in [3.05, 3.63) is 30.2 Å². The first-order chi connectivity index (χ1) is 11.4. The van der Waals surface area contributed by atoms with E-state index in [1.807, 2.05) is 45.3 Å². The van der Waals surface area contributed by atoms with Crippen LogP contribution in [0.3, 0.4) is 0 Å². The number of carboxylic acid groups (broad SMARTS) is 1. The van der Waals surface area contributed by atoms with Crippen LogP contribution in [0, 0.1) is 5.92 Å². The molecule has 5 nitrogen and oxygen atoms in total. The summed E-state index contributed by atoms with van der Waals surface area (Å²) in [5.41, 5.74) is 2.20. The molecule has 130 valence electrons. The van der Waals surface area contributed by atoms with Gasteiger partial charge in [0.15, 0.2) is 0 Å². The Bertz CT molecular complexity index is 724. The molecule has 0 radical (unpaired) electrons. The van der Waals surface area contributed by atoms with Crippen LogP contribution in [0.5, 0.6) is 0 Å². The highest BCUT2D eigenvalue weighted by atomic mass is 16.4. The molecule has 0 atom stereocenters. The molecule has 1 N–H and O–H groups in total. The van der Waals surface area contributed by atoms with Gasteiger partial charge in [-0.1, -0.05) is 32.1 Å². The van der Waals surface area contributed by atoms with Crippen molar-refractivity contribution < 1.29 is 9.90 Å². The zero-order chi connectivity index (χ0) is 17.3. The lowest BCUT2D eigenvalue weighted by atomic mass is 9.86. The van der Waals surface area contributed by atoms with Crippen molar-refractivity contribution in [2.75, 3.05) is 4.90 Å². The Hall–Kier alpha value is -2.04. The minimum Gasteiger partial charge on any atom is -0.465 e. The number of pyridine rings is 1. The first kappa shape index (κ1) is 16.8. The van der Waals surface area contributed by atoms with Crippen LogP contribution < -0.4 is 4.90 Å². The van der Waals surface area contributed by atoms with Gasteiger partial charge < -0.3 is 9.51 Å². The number of anilines is 1. The molecule has 0 spiro atoms. The fraction of sp³-hybridized carbons (Fsp3) is 0.579. The molecule has 24 heavy (non-hydrogen) atoms. The molecule has 2 aromatic heterocycles. The molecule has 0 saturated heterocycles. The van der Waals surface area contributed by atoms with Crippen molar-refractivity contribution in [3.8, 4) is 0 Å². The summed E-state index contributed by atoms with van der Waals surface area (Å²) in [5.74, 6) is 0.753. The molecule has 0 aromatic carbocycles. The lowest BCUT2D eigenvalue weighted by molar-refractivity contribution is 0.195. The maximum atomic E-state index is 11.6.